The highest BCUT2D eigenvalue weighted by molar-refractivity contribution is 5.88. The molecule has 0 unspecified atom stereocenters. The van der Waals surface area contributed by atoms with Crippen molar-refractivity contribution >= 4 is 5.97 Å². The fraction of sp³-hybridized carbons (Fsp3) is 0.636. The summed E-state index contributed by atoms with van der Waals surface area (Å²) in [5, 5.41) is 4.10. The first-order valence-corrected chi connectivity index (χ1v) is 5.20. The number of nitrogens with zero attached hydrogens (tertiary/aromatic N) is 2. The lowest BCUT2D eigenvalue weighted by atomic mass is 9.86. The number of rotatable bonds is 4. The monoisotopic (exact) mass is 225 g/mol. The molecule has 0 bridgehead atoms. The van der Waals surface area contributed by atoms with Crippen molar-refractivity contribution in [3.8, 4) is 0 Å². The molecule has 2 N–H and O–H groups in total. The Morgan fingerprint density at radius 3 is 2.75 bits per heavy atom. The van der Waals surface area contributed by atoms with E-state index in [4.69, 9.17) is 10.5 Å². The van der Waals surface area contributed by atoms with Crippen LogP contribution in [0.2, 0.25) is 0 Å². The van der Waals surface area contributed by atoms with Crippen molar-refractivity contribution < 1.29 is 9.53 Å². The van der Waals surface area contributed by atoms with Crippen LogP contribution >= 0.6 is 0 Å². The molecule has 16 heavy (non-hydrogen) atoms. The van der Waals surface area contributed by atoms with Gasteiger partial charge in [0.2, 0.25) is 0 Å². The summed E-state index contributed by atoms with van der Waals surface area (Å²) in [5.74, 6) is -0.400. The first kappa shape index (κ1) is 12.7. The van der Waals surface area contributed by atoms with E-state index in [2.05, 4.69) is 18.9 Å². The van der Waals surface area contributed by atoms with E-state index < -0.39 is 5.97 Å². The summed E-state index contributed by atoms with van der Waals surface area (Å²) >= 11 is 0. The maximum atomic E-state index is 11.5. The quantitative estimate of drug-likeness (QED) is 0.767. The molecular weight excluding hydrogens is 206 g/mol. The Hall–Kier alpha value is -1.36. The van der Waals surface area contributed by atoms with Gasteiger partial charge in [0.15, 0.2) is 5.69 Å². The van der Waals surface area contributed by atoms with Crippen LogP contribution in [0.5, 0.6) is 0 Å². The molecule has 5 nitrogen and oxygen atoms in total. The van der Waals surface area contributed by atoms with Crippen LogP contribution in [-0.2, 0) is 18.2 Å². The minimum Gasteiger partial charge on any atom is -0.464 e. The van der Waals surface area contributed by atoms with Crippen LogP contribution in [-0.4, -0.2) is 29.4 Å². The van der Waals surface area contributed by atoms with Gasteiger partial charge in [-0.1, -0.05) is 13.8 Å². The second-order valence-electron chi connectivity index (χ2n) is 4.71. The van der Waals surface area contributed by atoms with Crippen LogP contribution in [0, 0.1) is 5.41 Å². The lowest BCUT2D eigenvalue weighted by Gasteiger charge is -2.21. The Labute approximate surface area is 95.6 Å². The third-order valence-electron chi connectivity index (χ3n) is 2.50. The number of carbonyl (C=O) groups is 1. The average molecular weight is 225 g/mol. The molecule has 5 heteroatoms. The largest absolute Gasteiger partial charge is 0.464 e. The second-order valence-corrected chi connectivity index (χ2v) is 4.71. The smallest absolute Gasteiger partial charge is 0.358 e. The first-order chi connectivity index (χ1) is 7.39. The van der Waals surface area contributed by atoms with Gasteiger partial charge in [0, 0.05) is 18.8 Å². The molecule has 0 atom stereocenters. The topological polar surface area (TPSA) is 70.1 Å². The number of esters is 1. The van der Waals surface area contributed by atoms with E-state index in [0.29, 0.717) is 18.7 Å². The predicted molar refractivity (Wildman–Crippen MR) is 61.1 cm³/mol. The molecule has 0 fully saturated rings. The van der Waals surface area contributed by atoms with E-state index in [1.54, 1.807) is 11.7 Å². The van der Waals surface area contributed by atoms with Gasteiger partial charge in [-0.2, -0.15) is 5.10 Å². The van der Waals surface area contributed by atoms with Crippen LogP contribution in [0.4, 0.5) is 0 Å². The SMILES string of the molecule is COC(=O)c1nn(C)cc1CC(C)(C)CN. The van der Waals surface area contributed by atoms with Gasteiger partial charge >= 0.3 is 5.97 Å². The molecule has 0 aromatic carbocycles. The molecule has 0 saturated carbocycles. The summed E-state index contributed by atoms with van der Waals surface area (Å²) < 4.78 is 6.31. The molecule has 1 aromatic rings. The van der Waals surface area contributed by atoms with Crippen LogP contribution in [0.25, 0.3) is 0 Å². The van der Waals surface area contributed by atoms with Crippen molar-refractivity contribution in [2.75, 3.05) is 13.7 Å². The van der Waals surface area contributed by atoms with E-state index in [9.17, 15) is 4.79 Å². The summed E-state index contributed by atoms with van der Waals surface area (Å²) in [7, 11) is 3.14. The number of aromatic nitrogens is 2. The second kappa shape index (κ2) is 4.65. The van der Waals surface area contributed by atoms with Gasteiger partial charge in [-0.15, -0.1) is 0 Å². The molecule has 0 aliphatic carbocycles. The van der Waals surface area contributed by atoms with Gasteiger partial charge in [0.05, 0.1) is 7.11 Å². The normalized spacial score (nSPS) is 11.6. The summed E-state index contributed by atoms with van der Waals surface area (Å²) in [6.45, 7) is 4.67. The zero-order valence-corrected chi connectivity index (χ0v) is 10.3. The maximum absolute atomic E-state index is 11.5. The molecule has 1 aromatic heterocycles. The van der Waals surface area contributed by atoms with E-state index in [1.165, 1.54) is 7.11 Å². The summed E-state index contributed by atoms with van der Waals surface area (Å²) in [4.78, 5) is 11.5. The number of methoxy groups -OCH3 is 1. The third kappa shape index (κ3) is 2.82. The third-order valence-corrected chi connectivity index (χ3v) is 2.50. The van der Waals surface area contributed by atoms with Gasteiger partial charge in [-0.05, 0) is 18.4 Å². The van der Waals surface area contributed by atoms with Gasteiger partial charge in [0.1, 0.15) is 0 Å². The van der Waals surface area contributed by atoms with E-state index in [0.717, 1.165) is 5.56 Å². The molecule has 0 amide bonds. The van der Waals surface area contributed by atoms with Crippen LogP contribution in [0.3, 0.4) is 0 Å². The van der Waals surface area contributed by atoms with Crippen LogP contribution in [0.15, 0.2) is 6.20 Å². The fourth-order valence-electron chi connectivity index (χ4n) is 1.52. The molecule has 90 valence electrons. The molecular formula is C11H19N3O2. The zero-order valence-electron chi connectivity index (χ0n) is 10.3. The number of aryl methyl sites for hydroxylation is 1. The molecule has 1 heterocycles. The van der Waals surface area contributed by atoms with Gasteiger partial charge in [0.25, 0.3) is 0 Å². The number of carbonyl (C=O) groups excluding carboxylic acids is 1. The number of ether oxygens (including phenoxy) is 1. The minimum atomic E-state index is -0.400. The molecule has 0 aliphatic rings. The Balaban J connectivity index is 3.00. The lowest BCUT2D eigenvalue weighted by Crippen LogP contribution is -2.26. The first-order valence-electron chi connectivity index (χ1n) is 5.20. The Morgan fingerprint density at radius 1 is 1.62 bits per heavy atom. The Bertz CT molecular complexity index is 383. The Kier molecular flexibility index (Phi) is 3.70. The van der Waals surface area contributed by atoms with Crippen molar-refractivity contribution in [3.05, 3.63) is 17.5 Å². The molecule has 0 spiro atoms. The van der Waals surface area contributed by atoms with E-state index in [-0.39, 0.29) is 5.41 Å². The van der Waals surface area contributed by atoms with Crippen molar-refractivity contribution in [2.45, 2.75) is 20.3 Å². The van der Waals surface area contributed by atoms with Gasteiger partial charge < -0.3 is 10.5 Å². The van der Waals surface area contributed by atoms with Crippen molar-refractivity contribution in [1.29, 1.82) is 0 Å². The van der Waals surface area contributed by atoms with Crippen molar-refractivity contribution in [3.63, 3.8) is 0 Å². The molecule has 0 aliphatic heterocycles. The van der Waals surface area contributed by atoms with E-state index in [1.807, 2.05) is 6.20 Å². The van der Waals surface area contributed by atoms with Gasteiger partial charge in [-0.25, -0.2) is 4.79 Å². The highest BCUT2D eigenvalue weighted by Crippen LogP contribution is 2.22. The maximum Gasteiger partial charge on any atom is 0.358 e. The number of nitrogens with two attached hydrogens (primary N) is 1. The van der Waals surface area contributed by atoms with Gasteiger partial charge in [-0.3, -0.25) is 4.68 Å². The average Bonchev–Trinajstić information content (AvgIpc) is 2.57. The molecule has 1 rings (SSSR count). The van der Waals surface area contributed by atoms with Crippen LogP contribution in [0.1, 0.15) is 29.9 Å². The van der Waals surface area contributed by atoms with Crippen molar-refractivity contribution in [1.82, 2.24) is 9.78 Å². The minimum absolute atomic E-state index is 0.0498. The summed E-state index contributed by atoms with van der Waals surface area (Å²) in [5.41, 5.74) is 6.89. The van der Waals surface area contributed by atoms with E-state index >= 15 is 0 Å². The summed E-state index contributed by atoms with van der Waals surface area (Å²) in [6, 6.07) is 0. The highest BCUT2D eigenvalue weighted by Gasteiger charge is 2.23. The fourth-order valence-corrected chi connectivity index (χ4v) is 1.52. The lowest BCUT2D eigenvalue weighted by molar-refractivity contribution is 0.0591. The standard InChI is InChI=1S/C11H19N3O2/c1-11(2,7-12)5-8-6-14(3)13-9(8)10(15)16-4/h6H,5,7,12H2,1-4H3. The zero-order chi connectivity index (χ0) is 12.3. The predicted octanol–water partition coefficient (Wildman–Crippen LogP) is 0.734. The Morgan fingerprint density at radius 2 is 2.25 bits per heavy atom. The molecule has 0 radical (unpaired) electrons. The van der Waals surface area contributed by atoms with Crippen LogP contribution < -0.4 is 5.73 Å². The number of hydrogen-bond acceptors (Lipinski definition) is 4. The molecule has 0 saturated heterocycles. The highest BCUT2D eigenvalue weighted by atomic mass is 16.5. The van der Waals surface area contributed by atoms with Crippen molar-refractivity contribution in [2.24, 2.45) is 18.2 Å². The number of hydrogen-bond donors (Lipinski definition) is 1. The summed E-state index contributed by atoms with van der Waals surface area (Å²) in [6.07, 6.45) is 2.55.